The van der Waals surface area contributed by atoms with Crippen LogP contribution in [0, 0.1) is 0 Å². The molecule has 4 nitrogen and oxygen atoms in total. The number of thiophene rings is 1. The highest BCUT2D eigenvalue weighted by Crippen LogP contribution is 2.33. The van der Waals surface area contributed by atoms with Crippen molar-refractivity contribution in [2.24, 2.45) is 0 Å². The third-order valence-corrected chi connectivity index (χ3v) is 5.48. The Hall–Kier alpha value is -1.08. The van der Waals surface area contributed by atoms with Crippen LogP contribution >= 0.6 is 50.5 Å². The van der Waals surface area contributed by atoms with Crippen molar-refractivity contribution in [1.29, 1.82) is 0 Å². The highest BCUT2D eigenvalue weighted by Gasteiger charge is 2.08. The second kappa shape index (κ2) is 6.36. The number of hydrogen-bond donors (Lipinski definition) is 1. The van der Waals surface area contributed by atoms with Crippen molar-refractivity contribution in [2.75, 3.05) is 5.32 Å². The summed E-state index contributed by atoms with van der Waals surface area (Å²) in [6, 6.07) is 7.58. The van der Waals surface area contributed by atoms with Gasteiger partial charge in [0.05, 0.1) is 11.4 Å². The maximum atomic E-state index is 6.08. The van der Waals surface area contributed by atoms with Gasteiger partial charge in [-0.2, -0.15) is 5.10 Å². The third kappa shape index (κ3) is 3.40. The first-order chi connectivity index (χ1) is 10.1. The summed E-state index contributed by atoms with van der Waals surface area (Å²) in [5, 5.41) is 8.16. The van der Waals surface area contributed by atoms with E-state index in [-0.39, 0.29) is 0 Å². The zero-order valence-corrected chi connectivity index (χ0v) is 14.5. The number of anilines is 1. The summed E-state index contributed by atoms with van der Waals surface area (Å²) in [6.07, 6.45) is 3.14. The monoisotopic (exact) mass is 402 g/mol. The van der Waals surface area contributed by atoms with E-state index in [9.17, 15) is 0 Å². The lowest BCUT2D eigenvalue weighted by atomic mass is 10.2. The van der Waals surface area contributed by atoms with E-state index in [2.05, 4.69) is 31.3 Å². The fourth-order valence-electron chi connectivity index (χ4n) is 1.84. The second-order valence-electron chi connectivity index (χ2n) is 4.19. The number of rotatable bonds is 4. The summed E-state index contributed by atoms with van der Waals surface area (Å²) in [6.45, 7) is 0.651. The van der Waals surface area contributed by atoms with Crippen LogP contribution in [0.2, 0.25) is 9.36 Å². The Balaban J connectivity index is 1.86. The smallest absolute Gasteiger partial charge is 0.138 e. The first kappa shape index (κ1) is 14.8. The van der Waals surface area contributed by atoms with Crippen molar-refractivity contribution >= 4 is 56.2 Å². The van der Waals surface area contributed by atoms with Crippen LogP contribution in [0.1, 0.15) is 4.88 Å². The summed E-state index contributed by atoms with van der Waals surface area (Å²) in [7, 11) is 0. The number of hydrogen-bond acceptors (Lipinski definition) is 4. The molecule has 0 bridgehead atoms. The fourth-order valence-corrected chi connectivity index (χ4v) is 3.75. The predicted octanol–water partition coefficient (Wildman–Crippen LogP) is 5.01. The highest BCUT2D eigenvalue weighted by molar-refractivity contribution is 9.10. The Labute approximate surface area is 143 Å². The Bertz CT molecular complexity index is 738. The number of nitrogens with zero attached hydrogens (tertiary/aromatic N) is 3. The molecule has 2 aromatic heterocycles. The van der Waals surface area contributed by atoms with Gasteiger partial charge in [-0.25, -0.2) is 9.67 Å². The minimum Gasteiger partial charge on any atom is -0.378 e. The molecule has 0 saturated carbocycles. The molecule has 2 heterocycles. The van der Waals surface area contributed by atoms with E-state index in [1.807, 2.05) is 24.3 Å². The Morgan fingerprint density at radius 3 is 2.81 bits per heavy atom. The molecule has 0 aliphatic carbocycles. The average Bonchev–Trinajstić information content (AvgIpc) is 3.08. The molecule has 3 rings (SSSR count). The Morgan fingerprint density at radius 1 is 1.29 bits per heavy atom. The highest BCUT2D eigenvalue weighted by atomic mass is 79.9. The average molecular weight is 404 g/mol. The molecule has 1 aromatic carbocycles. The lowest BCUT2D eigenvalue weighted by Gasteiger charge is -2.11. The summed E-state index contributed by atoms with van der Waals surface area (Å²) < 4.78 is 3.35. The molecule has 0 saturated heterocycles. The molecular formula is C13H9BrCl2N4S. The van der Waals surface area contributed by atoms with Crippen LogP contribution in [0.25, 0.3) is 5.69 Å². The van der Waals surface area contributed by atoms with E-state index in [1.54, 1.807) is 11.0 Å². The van der Waals surface area contributed by atoms with Gasteiger partial charge in [0, 0.05) is 20.9 Å². The van der Waals surface area contributed by atoms with Crippen LogP contribution in [0.4, 0.5) is 5.69 Å². The molecule has 0 aliphatic heterocycles. The topological polar surface area (TPSA) is 42.7 Å². The fraction of sp³-hybridized carbons (Fsp3) is 0.0769. The number of halogens is 3. The van der Waals surface area contributed by atoms with Crippen molar-refractivity contribution in [3.05, 3.63) is 55.6 Å². The van der Waals surface area contributed by atoms with Gasteiger partial charge in [0.1, 0.15) is 17.0 Å². The number of nitrogens with one attached hydrogen (secondary N) is 1. The first-order valence-electron chi connectivity index (χ1n) is 5.95. The first-order valence-corrected chi connectivity index (χ1v) is 8.32. The molecule has 0 atom stereocenters. The molecule has 0 spiro atoms. The van der Waals surface area contributed by atoms with Crippen molar-refractivity contribution < 1.29 is 0 Å². The van der Waals surface area contributed by atoms with Gasteiger partial charge in [-0.1, -0.05) is 23.2 Å². The minimum absolute atomic E-state index is 0.651. The van der Waals surface area contributed by atoms with Gasteiger partial charge in [0.25, 0.3) is 0 Å². The van der Waals surface area contributed by atoms with E-state index >= 15 is 0 Å². The van der Waals surface area contributed by atoms with E-state index in [0.717, 1.165) is 25.1 Å². The molecule has 0 aliphatic rings. The van der Waals surface area contributed by atoms with E-state index in [0.29, 0.717) is 11.6 Å². The van der Waals surface area contributed by atoms with Crippen molar-refractivity contribution in [3.8, 4) is 5.69 Å². The molecule has 3 aromatic rings. The van der Waals surface area contributed by atoms with Crippen LogP contribution in [0.3, 0.4) is 0 Å². The van der Waals surface area contributed by atoms with Gasteiger partial charge in [-0.3, -0.25) is 0 Å². The zero-order valence-electron chi connectivity index (χ0n) is 10.6. The molecule has 1 N–H and O–H groups in total. The standard InChI is InChI=1S/C13H9BrCl2N4S/c14-10-4-9(21-13(10)16)5-18-11-3-8(15)1-2-12(11)20-7-17-6-19-20/h1-4,6-7,18H,5H2. The molecule has 0 fully saturated rings. The quantitative estimate of drug-likeness (QED) is 0.665. The summed E-state index contributed by atoms with van der Waals surface area (Å²) in [4.78, 5) is 5.09. The van der Waals surface area contributed by atoms with Crippen LogP contribution in [0.5, 0.6) is 0 Å². The van der Waals surface area contributed by atoms with Gasteiger partial charge in [0.2, 0.25) is 0 Å². The SMILES string of the molecule is Clc1ccc(-n2cncn2)c(NCc2cc(Br)c(Cl)s2)c1. The summed E-state index contributed by atoms with van der Waals surface area (Å²) >= 11 is 17.1. The molecule has 108 valence electrons. The molecule has 0 radical (unpaired) electrons. The van der Waals surface area contributed by atoms with Crippen LogP contribution < -0.4 is 5.32 Å². The van der Waals surface area contributed by atoms with E-state index < -0.39 is 0 Å². The third-order valence-electron chi connectivity index (χ3n) is 2.77. The molecule has 0 unspecified atom stereocenters. The molecular weight excluding hydrogens is 395 g/mol. The van der Waals surface area contributed by atoms with Crippen LogP contribution in [-0.2, 0) is 6.54 Å². The van der Waals surface area contributed by atoms with Gasteiger partial charge in [0.15, 0.2) is 0 Å². The molecule has 8 heteroatoms. The lowest BCUT2D eigenvalue weighted by Crippen LogP contribution is -2.04. The zero-order chi connectivity index (χ0) is 14.8. The summed E-state index contributed by atoms with van der Waals surface area (Å²) in [5.74, 6) is 0. The maximum Gasteiger partial charge on any atom is 0.138 e. The Kier molecular flexibility index (Phi) is 4.49. The van der Waals surface area contributed by atoms with Gasteiger partial charge in [-0.15, -0.1) is 11.3 Å². The summed E-state index contributed by atoms with van der Waals surface area (Å²) in [5.41, 5.74) is 1.77. The van der Waals surface area contributed by atoms with Gasteiger partial charge in [-0.05, 0) is 40.2 Å². The lowest BCUT2D eigenvalue weighted by molar-refractivity contribution is 0.878. The van der Waals surface area contributed by atoms with Crippen molar-refractivity contribution in [2.45, 2.75) is 6.54 Å². The molecule has 0 amide bonds. The number of aromatic nitrogens is 3. The van der Waals surface area contributed by atoms with Crippen LogP contribution in [-0.4, -0.2) is 14.8 Å². The van der Waals surface area contributed by atoms with Crippen molar-refractivity contribution in [1.82, 2.24) is 14.8 Å². The van der Waals surface area contributed by atoms with Gasteiger partial charge >= 0.3 is 0 Å². The number of benzene rings is 1. The Morgan fingerprint density at radius 2 is 2.14 bits per heavy atom. The normalized spacial score (nSPS) is 10.8. The maximum absolute atomic E-state index is 6.08. The predicted molar refractivity (Wildman–Crippen MR) is 90.7 cm³/mol. The second-order valence-corrected chi connectivity index (χ2v) is 7.22. The minimum atomic E-state index is 0.651. The van der Waals surface area contributed by atoms with Crippen molar-refractivity contribution in [3.63, 3.8) is 0 Å². The van der Waals surface area contributed by atoms with E-state index in [1.165, 1.54) is 17.7 Å². The van der Waals surface area contributed by atoms with Gasteiger partial charge < -0.3 is 5.32 Å². The van der Waals surface area contributed by atoms with Crippen LogP contribution in [0.15, 0.2) is 41.4 Å². The molecule has 21 heavy (non-hydrogen) atoms. The van der Waals surface area contributed by atoms with E-state index in [4.69, 9.17) is 23.2 Å². The largest absolute Gasteiger partial charge is 0.378 e.